The zero-order chi connectivity index (χ0) is 17.5. The van der Waals surface area contributed by atoms with Gasteiger partial charge < -0.3 is 19.8 Å². The zero-order valence-corrected chi connectivity index (χ0v) is 17.1. The topological polar surface area (TPSA) is 71.7 Å². The van der Waals surface area contributed by atoms with Gasteiger partial charge in [0.25, 0.3) is 0 Å². The number of furan rings is 1. The van der Waals surface area contributed by atoms with Gasteiger partial charge >= 0.3 is 0 Å². The lowest BCUT2D eigenvalue weighted by atomic mass is 10.2. The van der Waals surface area contributed by atoms with Crippen molar-refractivity contribution in [3.8, 4) is 5.75 Å². The number of ether oxygens (including phenoxy) is 1. The maximum Gasteiger partial charge on any atom is 0.191 e. The fourth-order valence-electron chi connectivity index (χ4n) is 2.46. The second kappa shape index (κ2) is 10.0. The summed E-state index contributed by atoms with van der Waals surface area (Å²) in [7, 11) is 1.74. The molecule has 0 spiro atoms. The van der Waals surface area contributed by atoms with Gasteiger partial charge in [-0.1, -0.05) is 18.2 Å². The van der Waals surface area contributed by atoms with Crippen LogP contribution in [0.1, 0.15) is 18.7 Å². The van der Waals surface area contributed by atoms with Crippen LogP contribution in [0.4, 0.5) is 0 Å². The number of nitrogens with one attached hydrogen (secondary N) is 2. The number of hydrogen-bond donors (Lipinski definition) is 2. The average molecular weight is 466 g/mol. The minimum absolute atomic E-state index is 0. The van der Waals surface area contributed by atoms with Crippen molar-refractivity contribution in [1.29, 1.82) is 0 Å². The molecule has 0 bridgehead atoms. The highest BCUT2D eigenvalue weighted by molar-refractivity contribution is 14.0. The molecule has 2 N–H and O–H groups in total. The molecule has 1 atom stereocenters. The van der Waals surface area contributed by atoms with Crippen LogP contribution in [0.2, 0.25) is 0 Å². The van der Waals surface area contributed by atoms with E-state index >= 15 is 0 Å². The Morgan fingerprint density at radius 3 is 2.85 bits per heavy atom. The van der Waals surface area contributed by atoms with Gasteiger partial charge in [0.05, 0.1) is 18.8 Å². The van der Waals surface area contributed by atoms with Gasteiger partial charge in [0.2, 0.25) is 0 Å². The molecule has 2 heterocycles. The first-order chi connectivity index (χ1) is 12.3. The van der Waals surface area contributed by atoms with Crippen LogP contribution < -0.4 is 15.4 Å². The first-order valence-electron chi connectivity index (χ1n) is 8.25. The van der Waals surface area contributed by atoms with Gasteiger partial charge in [0, 0.05) is 18.6 Å². The third kappa shape index (κ3) is 5.35. The molecular formula is C19H23IN4O2. The number of hydrogen-bond acceptors (Lipinski definition) is 4. The summed E-state index contributed by atoms with van der Waals surface area (Å²) >= 11 is 0. The van der Waals surface area contributed by atoms with Crippen molar-refractivity contribution in [2.45, 2.75) is 13.0 Å². The SMILES string of the molecule is CN=C(NCCOc1cccnc1)NC(C)c1cc2ccccc2o1.I. The number of nitrogens with zero attached hydrogens (tertiary/aromatic N) is 2. The van der Waals surface area contributed by atoms with E-state index in [1.165, 1.54) is 0 Å². The maximum absolute atomic E-state index is 5.88. The van der Waals surface area contributed by atoms with Crippen LogP contribution in [-0.2, 0) is 0 Å². The van der Waals surface area contributed by atoms with E-state index in [0.29, 0.717) is 19.1 Å². The highest BCUT2D eigenvalue weighted by Crippen LogP contribution is 2.23. The summed E-state index contributed by atoms with van der Waals surface area (Å²) in [5.41, 5.74) is 0.888. The van der Waals surface area contributed by atoms with Crippen LogP contribution in [0, 0.1) is 0 Å². The van der Waals surface area contributed by atoms with E-state index in [1.807, 2.05) is 49.4 Å². The third-order valence-corrected chi connectivity index (χ3v) is 3.75. The van der Waals surface area contributed by atoms with E-state index in [-0.39, 0.29) is 30.0 Å². The van der Waals surface area contributed by atoms with Crippen molar-refractivity contribution in [2.75, 3.05) is 20.2 Å². The number of aliphatic imine (C=N–C) groups is 1. The minimum atomic E-state index is -0.00200. The molecule has 0 aliphatic rings. The monoisotopic (exact) mass is 466 g/mol. The van der Waals surface area contributed by atoms with E-state index in [1.54, 1.807) is 19.4 Å². The zero-order valence-electron chi connectivity index (χ0n) is 14.8. The smallest absolute Gasteiger partial charge is 0.191 e. The number of rotatable bonds is 6. The van der Waals surface area contributed by atoms with Crippen molar-refractivity contribution in [3.63, 3.8) is 0 Å². The van der Waals surface area contributed by atoms with Gasteiger partial charge in [0.15, 0.2) is 5.96 Å². The van der Waals surface area contributed by atoms with Gasteiger partial charge in [0.1, 0.15) is 23.7 Å². The van der Waals surface area contributed by atoms with Crippen LogP contribution in [-0.4, -0.2) is 31.1 Å². The van der Waals surface area contributed by atoms with Gasteiger partial charge in [-0.25, -0.2) is 0 Å². The maximum atomic E-state index is 5.88. The van der Waals surface area contributed by atoms with Crippen LogP contribution in [0.5, 0.6) is 5.75 Å². The molecule has 2 aromatic heterocycles. The largest absolute Gasteiger partial charge is 0.490 e. The van der Waals surface area contributed by atoms with E-state index in [0.717, 1.165) is 22.5 Å². The van der Waals surface area contributed by atoms with E-state index in [2.05, 4.69) is 20.6 Å². The molecule has 0 fully saturated rings. The second-order valence-electron chi connectivity index (χ2n) is 5.59. The molecule has 3 rings (SSSR count). The average Bonchev–Trinajstić information content (AvgIpc) is 3.09. The van der Waals surface area contributed by atoms with Gasteiger partial charge in [-0.3, -0.25) is 9.98 Å². The van der Waals surface area contributed by atoms with E-state index in [9.17, 15) is 0 Å². The first kappa shape index (κ1) is 20.0. The molecule has 0 saturated carbocycles. The Labute approximate surface area is 170 Å². The molecule has 26 heavy (non-hydrogen) atoms. The Kier molecular flexibility index (Phi) is 7.71. The molecule has 0 aliphatic carbocycles. The predicted octanol–water partition coefficient (Wildman–Crippen LogP) is 3.75. The van der Waals surface area contributed by atoms with Crippen molar-refractivity contribution < 1.29 is 9.15 Å². The Bertz CT molecular complexity index is 803. The minimum Gasteiger partial charge on any atom is -0.490 e. The number of halogens is 1. The summed E-state index contributed by atoms with van der Waals surface area (Å²) in [5.74, 6) is 2.32. The molecule has 1 aromatic carbocycles. The van der Waals surface area contributed by atoms with Crippen LogP contribution in [0.15, 0.2) is 64.3 Å². The lowest BCUT2D eigenvalue weighted by Gasteiger charge is -2.16. The highest BCUT2D eigenvalue weighted by Gasteiger charge is 2.12. The second-order valence-corrected chi connectivity index (χ2v) is 5.59. The van der Waals surface area contributed by atoms with Crippen LogP contribution >= 0.6 is 24.0 Å². The number of aromatic nitrogens is 1. The molecule has 138 valence electrons. The fraction of sp³-hybridized carbons (Fsp3) is 0.263. The Hall–Kier alpha value is -2.29. The number of fused-ring (bicyclic) bond motifs is 1. The lowest BCUT2D eigenvalue weighted by Crippen LogP contribution is -2.40. The van der Waals surface area contributed by atoms with Crippen molar-refractivity contribution >= 4 is 40.9 Å². The number of pyridine rings is 1. The number of benzene rings is 1. The molecule has 3 aromatic rings. The summed E-state index contributed by atoms with van der Waals surface area (Å²) in [6, 6.07) is 13.7. The molecular weight excluding hydrogens is 443 g/mol. The van der Waals surface area contributed by atoms with Gasteiger partial charge in [-0.05, 0) is 31.2 Å². The fourth-order valence-corrected chi connectivity index (χ4v) is 2.46. The summed E-state index contributed by atoms with van der Waals surface area (Å²) in [6.45, 7) is 3.18. The highest BCUT2D eigenvalue weighted by atomic mass is 127. The van der Waals surface area contributed by atoms with Crippen molar-refractivity contribution in [1.82, 2.24) is 15.6 Å². The van der Waals surface area contributed by atoms with Crippen molar-refractivity contribution in [3.05, 3.63) is 60.6 Å². The summed E-state index contributed by atoms with van der Waals surface area (Å²) < 4.78 is 11.5. The first-order valence-corrected chi connectivity index (χ1v) is 8.25. The molecule has 7 heteroatoms. The summed E-state index contributed by atoms with van der Waals surface area (Å²) in [6.07, 6.45) is 3.41. The summed E-state index contributed by atoms with van der Waals surface area (Å²) in [5, 5.41) is 7.64. The quantitative estimate of drug-likeness (QED) is 0.251. The number of guanidine groups is 1. The van der Waals surface area contributed by atoms with E-state index < -0.39 is 0 Å². The van der Waals surface area contributed by atoms with Gasteiger partial charge in [-0.15, -0.1) is 24.0 Å². The van der Waals surface area contributed by atoms with Gasteiger partial charge in [-0.2, -0.15) is 0 Å². The Morgan fingerprint density at radius 2 is 2.12 bits per heavy atom. The standard InChI is InChI=1S/C19H22N4O2.HI/c1-14(18-12-15-6-3-4-8-17(15)25-18)23-19(20-2)22-10-11-24-16-7-5-9-21-13-16;/h3-9,12-14H,10-11H2,1-2H3,(H2,20,22,23);1H. The predicted molar refractivity (Wildman–Crippen MR) is 114 cm³/mol. The number of para-hydroxylation sites is 1. The molecule has 0 saturated heterocycles. The Balaban J connectivity index is 0.00000243. The normalized spacial score (nSPS) is 12.3. The summed E-state index contributed by atoms with van der Waals surface area (Å²) in [4.78, 5) is 8.25. The lowest BCUT2D eigenvalue weighted by molar-refractivity contribution is 0.320. The van der Waals surface area contributed by atoms with Crippen LogP contribution in [0.25, 0.3) is 11.0 Å². The third-order valence-electron chi connectivity index (χ3n) is 3.75. The molecule has 1 unspecified atom stereocenters. The molecule has 0 amide bonds. The molecule has 6 nitrogen and oxygen atoms in total. The molecule has 0 aliphatic heterocycles. The van der Waals surface area contributed by atoms with Crippen LogP contribution in [0.3, 0.4) is 0 Å². The Morgan fingerprint density at radius 1 is 1.27 bits per heavy atom. The molecule has 0 radical (unpaired) electrons. The van der Waals surface area contributed by atoms with E-state index in [4.69, 9.17) is 9.15 Å². The van der Waals surface area contributed by atoms with Crippen molar-refractivity contribution in [2.24, 2.45) is 4.99 Å².